The molecule has 3 rings (SSSR count). The molecule has 23 heavy (non-hydrogen) atoms. The number of amides is 1. The van der Waals surface area contributed by atoms with Crippen LogP contribution in [0.5, 0.6) is 0 Å². The zero-order valence-corrected chi connectivity index (χ0v) is 12.4. The highest BCUT2D eigenvalue weighted by Gasteiger charge is 2.37. The Morgan fingerprint density at radius 2 is 1.96 bits per heavy atom. The van der Waals surface area contributed by atoms with Gasteiger partial charge in [-0.3, -0.25) is 4.79 Å². The molecule has 2 heterocycles. The number of nitrogens with one attached hydrogen (secondary N) is 1. The van der Waals surface area contributed by atoms with Gasteiger partial charge in [-0.1, -0.05) is 18.2 Å². The van der Waals surface area contributed by atoms with Crippen LogP contribution in [0.3, 0.4) is 0 Å². The van der Waals surface area contributed by atoms with Gasteiger partial charge in [-0.2, -0.15) is 13.2 Å². The Bertz CT molecular complexity index is 690. The van der Waals surface area contributed by atoms with Gasteiger partial charge < -0.3 is 14.6 Å². The lowest BCUT2D eigenvalue weighted by Crippen LogP contribution is -2.47. The molecule has 0 bridgehead atoms. The predicted molar refractivity (Wildman–Crippen MR) is 79.2 cm³/mol. The van der Waals surface area contributed by atoms with E-state index in [1.807, 2.05) is 0 Å². The molecule has 0 radical (unpaired) electrons. The van der Waals surface area contributed by atoms with Crippen LogP contribution >= 0.6 is 0 Å². The number of aromatic amines is 1. The average molecular weight is 326 g/mol. The molecule has 1 saturated heterocycles. The minimum atomic E-state index is -4.43. The van der Waals surface area contributed by atoms with Gasteiger partial charge >= 0.3 is 6.18 Å². The van der Waals surface area contributed by atoms with Crippen molar-refractivity contribution < 1.29 is 22.7 Å². The summed E-state index contributed by atoms with van der Waals surface area (Å²) in [5.41, 5.74) is 1.01. The van der Waals surface area contributed by atoms with E-state index in [1.165, 1.54) is 6.20 Å². The largest absolute Gasteiger partial charge is 0.406 e. The van der Waals surface area contributed by atoms with Crippen molar-refractivity contribution in [3.8, 4) is 0 Å². The number of alkyl halides is 3. The van der Waals surface area contributed by atoms with Crippen LogP contribution in [0, 0.1) is 0 Å². The molecule has 7 heteroatoms. The Morgan fingerprint density at radius 1 is 1.26 bits per heavy atom. The SMILES string of the molecule is O=C(c1c[nH]c2ccccc12)N(CC(F)(F)F)C1CCOCC1. The summed E-state index contributed by atoms with van der Waals surface area (Å²) in [5, 5.41) is 0.636. The number of carbonyl (C=O) groups excluding carboxylic acids is 1. The maximum Gasteiger partial charge on any atom is 0.406 e. The summed E-state index contributed by atoms with van der Waals surface area (Å²) in [7, 11) is 0. The van der Waals surface area contributed by atoms with E-state index in [4.69, 9.17) is 4.74 Å². The van der Waals surface area contributed by atoms with Gasteiger partial charge in [-0.15, -0.1) is 0 Å². The molecule has 0 unspecified atom stereocenters. The first-order chi connectivity index (χ1) is 11.0. The number of aromatic nitrogens is 1. The summed E-state index contributed by atoms with van der Waals surface area (Å²) >= 11 is 0. The van der Waals surface area contributed by atoms with Crippen LogP contribution in [0.15, 0.2) is 30.5 Å². The van der Waals surface area contributed by atoms with E-state index < -0.39 is 24.7 Å². The summed E-state index contributed by atoms with van der Waals surface area (Å²) in [4.78, 5) is 16.6. The number of halogens is 3. The summed E-state index contributed by atoms with van der Waals surface area (Å²) < 4.78 is 44.0. The molecular formula is C16H17F3N2O2. The molecule has 1 aromatic heterocycles. The second-order valence-electron chi connectivity index (χ2n) is 5.64. The van der Waals surface area contributed by atoms with Gasteiger partial charge in [0.15, 0.2) is 0 Å². The van der Waals surface area contributed by atoms with Crippen LogP contribution in [-0.4, -0.2) is 47.8 Å². The number of hydrogen-bond acceptors (Lipinski definition) is 2. The molecule has 1 aliphatic rings. The smallest absolute Gasteiger partial charge is 0.381 e. The van der Waals surface area contributed by atoms with E-state index in [0.29, 0.717) is 31.4 Å². The number of nitrogens with zero attached hydrogens (tertiary/aromatic N) is 1. The monoisotopic (exact) mass is 326 g/mol. The van der Waals surface area contributed by atoms with Crippen molar-refractivity contribution in [2.75, 3.05) is 19.8 Å². The fourth-order valence-corrected chi connectivity index (χ4v) is 2.96. The highest BCUT2D eigenvalue weighted by molar-refractivity contribution is 6.06. The highest BCUT2D eigenvalue weighted by atomic mass is 19.4. The first kappa shape index (κ1) is 15.9. The molecule has 0 saturated carbocycles. The van der Waals surface area contributed by atoms with Gasteiger partial charge in [-0.05, 0) is 18.9 Å². The van der Waals surface area contributed by atoms with Crippen molar-refractivity contribution in [3.63, 3.8) is 0 Å². The Hall–Kier alpha value is -2.02. The summed E-state index contributed by atoms with van der Waals surface area (Å²) in [6.07, 6.45) is -2.11. The third kappa shape index (κ3) is 3.50. The van der Waals surface area contributed by atoms with Gasteiger partial charge in [0.05, 0.1) is 5.56 Å². The average Bonchev–Trinajstić information content (AvgIpc) is 2.96. The first-order valence-electron chi connectivity index (χ1n) is 7.47. The third-order valence-electron chi connectivity index (χ3n) is 4.06. The van der Waals surface area contributed by atoms with E-state index in [2.05, 4.69) is 4.98 Å². The summed E-state index contributed by atoms with van der Waals surface area (Å²) in [5.74, 6) is -0.591. The van der Waals surface area contributed by atoms with Crippen LogP contribution in [0.1, 0.15) is 23.2 Å². The van der Waals surface area contributed by atoms with Crippen molar-refractivity contribution in [1.82, 2.24) is 9.88 Å². The third-order valence-corrected chi connectivity index (χ3v) is 4.06. The zero-order valence-electron chi connectivity index (χ0n) is 12.4. The number of rotatable bonds is 3. The van der Waals surface area contributed by atoms with Gasteiger partial charge in [0.1, 0.15) is 6.54 Å². The van der Waals surface area contributed by atoms with Crippen LogP contribution in [-0.2, 0) is 4.74 Å². The number of H-pyrrole nitrogens is 1. The van der Waals surface area contributed by atoms with Gasteiger partial charge in [-0.25, -0.2) is 0 Å². The molecule has 1 aliphatic heterocycles. The van der Waals surface area contributed by atoms with Crippen molar-refractivity contribution in [2.24, 2.45) is 0 Å². The molecule has 0 aliphatic carbocycles. The molecule has 1 N–H and O–H groups in total. The molecule has 0 atom stereocenters. The standard InChI is InChI=1S/C16H17F3N2O2/c17-16(18,19)10-21(11-5-7-23-8-6-11)15(22)13-9-20-14-4-2-1-3-12(13)14/h1-4,9,11,20H,5-8,10H2. The molecule has 1 amide bonds. The van der Waals surface area contributed by atoms with E-state index >= 15 is 0 Å². The highest BCUT2D eigenvalue weighted by Crippen LogP contribution is 2.26. The van der Waals surface area contributed by atoms with Crippen molar-refractivity contribution in [2.45, 2.75) is 25.1 Å². The van der Waals surface area contributed by atoms with Crippen LogP contribution in [0.2, 0.25) is 0 Å². The van der Waals surface area contributed by atoms with Crippen LogP contribution in [0.4, 0.5) is 13.2 Å². The van der Waals surface area contributed by atoms with E-state index in [9.17, 15) is 18.0 Å². The van der Waals surface area contributed by atoms with Crippen LogP contribution < -0.4 is 0 Å². The summed E-state index contributed by atoms with van der Waals surface area (Å²) in [6, 6.07) is 6.63. The van der Waals surface area contributed by atoms with Crippen molar-refractivity contribution in [1.29, 1.82) is 0 Å². The molecule has 4 nitrogen and oxygen atoms in total. The minimum Gasteiger partial charge on any atom is -0.381 e. The van der Waals surface area contributed by atoms with Crippen molar-refractivity contribution in [3.05, 3.63) is 36.0 Å². The number of hydrogen-bond donors (Lipinski definition) is 1. The Kier molecular flexibility index (Phi) is 4.30. The quantitative estimate of drug-likeness (QED) is 0.940. The van der Waals surface area contributed by atoms with Gasteiger partial charge in [0, 0.05) is 36.4 Å². The second kappa shape index (κ2) is 6.23. The number of fused-ring (bicyclic) bond motifs is 1. The first-order valence-corrected chi connectivity index (χ1v) is 7.47. The lowest BCUT2D eigenvalue weighted by molar-refractivity contribution is -0.147. The normalized spacial score (nSPS) is 16.7. The summed E-state index contributed by atoms with van der Waals surface area (Å²) in [6.45, 7) is -0.490. The van der Waals surface area contributed by atoms with E-state index in [0.717, 1.165) is 10.4 Å². The van der Waals surface area contributed by atoms with E-state index in [-0.39, 0.29) is 5.56 Å². The topological polar surface area (TPSA) is 45.3 Å². The molecule has 2 aromatic rings. The fraction of sp³-hybridized carbons (Fsp3) is 0.438. The molecular weight excluding hydrogens is 309 g/mol. The maximum absolute atomic E-state index is 12.9. The van der Waals surface area contributed by atoms with E-state index in [1.54, 1.807) is 24.3 Å². The lowest BCUT2D eigenvalue weighted by Gasteiger charge is -2.34. The fourth-order valence-electron chi connectivity index (χ4n) is 2.96. The van der Waals surface area contributed by atoms with Gasteiger partial charge in [0.2, 0.25) is 0 Å². The van der Waals surface area contributed by atoms with Crippen molar-refractivity contribution >= 4 is 16.8 Å². The maximum atomic E-state index is 12.9. The number of carbonyl (C=O) groups is 1. The van der Waals surface area contributed by atoms with Gasteiger partial charge in [0.25, 0.3) is 5.91 Å². The number of benzene rings is 1. The zero-order chi connectivity index (χ0) is 16.4. The molecule has 1 aromatic carbocycles. The molecule has 0 spiro atoms. The predicted octanol–water partition coefficient (Wildman–Crippen LogP) is 3.35. The molecule has 1 fully saturated rings. The molecule has 124 valence electrons. The lowest BCUT2D eigenvalue weighted by atomic mass is 10.0. The Balaban J connectivity index is 1.93. The number of ether oxygens (including phenoxy) is 1. The minimum absolute atomic E-state index is 0.274. The van der Waals surface area contributed by atoms with Crippen LogP contribution in [0.25, 0.3) is 10.9 Å². The Morgan fingerprint density at radius 3 is 2.65 bits per heavy atom. The second-order valence-corrected chi connectivity index (χ2v) is 5.64. The Labute approximate surface area is 131 Å². The number of para-hydroxylation sites is 1.